The molecule has 2 aromatic rings. The van der Waals surface area contributed by atoms with E-state index >= 15 is 4.39 Å². The maximum atomic E-state index is 15.1. The second-order valence-electron chi connectivity index (χ2n) is 11.3. The van der Waals surface area contributed by atoms with Gasteiger partial charge in [0.2, 0.25) is 0 Å². The Hall–Kier alpha value is -1.71. The summed E-state index contributed by atoms with van der Waals surface area (Å²) in [6, 6.07) is 14.3. The van der Waals surface area contributed by atoms with E-state index in [0.29, 0.717) is 17.4 Å². The molecule has 0 N–H and O–H groups in total. The van der Waals surface area contributed by atoms with E-state index in [-0.39, 0.29) is 12.1 Å². The van der Waals surface area contributed by atoms with Gasteiger partial charge in [0.1, 0.15) is 5.82 Å². The molecule has 4 rings (SSSR count). The number of hydrogen-bond acceptors (Lipinski definition) is 2. The van der Waals surface area contributed by atoms with Gasteiger partial charge in [0, 0.05) is 17.9 Å². The van der Waals surface area contributed by atoms with Crippen LogP contribution < -0.4 is 0 Å². The van der Waals surface area contributed by atoms with E-state index in [1.807, 2.05) is 6.07 Å². The predicted molar refractivity (Wildman–Crippen MR) is 148 cm³/mol. The minimum absolute atomic E-state index is 0.0918. The van der Waals surface area contributed by atoms with E-state index in [4.69, 9.17) is 9.47 Å². The molecule has 2 nitrogen and oxygen atoms in total. The highest BCUT2D eigenvalue weighted by molar-refractivity contribution is 5.65. The number of ether oxygens (including phenoxy) is 2. The Balaban J connectivity index is 1.24. The maximum absolute atomic E-state index is 15.1. The molecule has 1 aliphatic carbocycles. The molecule has 36 heavy (non-hydrogen) atoms. The lowest BCUT2D eigenvalue weighted by Gasteiger charge is -2.29. The third-order valence-corrected chi connectivity index (χ3v) is 8.46. The van der Waals surface area contributed by atoms with Crippen molar-refractivity contribution in [3.05, 3.63) is 59.4 Å². The maximum Gasteiger partial charge on any atom is 0.157 e. The summed E-state index contributed by atoms with van der Waals surface area (Å²) in [4.78, 5) is 0. The SMILES string of the molecule is CCCCCC1COC(CCc2ccc(-c3ccc(C4CCC(CCCC)CC4)cc3F)cc2)OC1. The zero-order valence-corrected chi connectivity index (χ0v) is 22.7. The van der Waals surface area contributed by atoms with Crippen molar-refractivity contribution < 1.29 is 13.9 Å². The molecule has 2 fully saturated rings. The summed E-state index contributed by atoms with van der Waals surface area (Å²) in [7, 11) is 0. The number of aryl methyl sites for hydroxylation is 1. The van der Waals surface area contributed by atoms with E-state index in [9.17, 15) is 0 Å². The van der Waals surface area contributed by atoms with Gasteiger partial charge < -0.3 is 9.47 Å². The first kappa shape index (κ1) is 27.3. The van der Waals surface area contributed by atoms with Crippen LogP contribution in [-0.4, -0.2) is 19.5 Å². The van der Waals surface area contributed by atoms with Crippen LogP contribution in [0.4, 0.5) is 4.39 Å². The minimum atomic E-state index is -0.0983. The smallest absolute Gasteiger partial charge is 0.157 e. The van der Waals surface area contributed by atoms with Gasteiger partial charge in [-0.2, -0.15) is 0 Å². The Morgan fingerprint density at radius 2 is 1.44 bits per heavy atom. The molecule has 0 aromatic heterocycles. The topological polar surface area (TPSA) is 18.5 Å². The van der Waals surface area contributed by atoms with Crippen LogP contribution in [0.3, 0.4) is 0 Å². The van der Waals surface area contributed by atoms with Crippen LogP contribution in [-0.2, 0) is 15.9 Å². The Labute approximate surface area is 219 Å². The van der Waals surface area contributed by atoms with Crippen molar-refractivity contribution in [3.8, 4) is 11.1 Å². The van der Waals surface area contributed by atoms with Crippen LogP contribution in [0.1, 0.15) is 108 Å². The molecule has 0 bridgehead atoms. The number of benzene rings is 2. The Morgan fingerprint density at radius 1 is 0.750 bits per heavy atom. The van der Waals surface area contributed by atoms with Gasteiger partial charge in [0.05, 0.1) is 13.2 Å². The summed E-state index contributed by atoms with van der Waals surface area (Å²) in [5.41, 5.74) is 4.08. The third-order valence-electron chi connectivity index (χ3n) is 8.46. The summed E-state index contributed by atoms with van der Waals surface area (Å²) >= 11 is 0. The molecule has 0 unspecified atom stereocenters. The molecule has 3 heteroatoms. The average Bonchev–Trinajstić information content (AvgIpc) is 2.92. The molecular weight excluding hydrogens is 447 g/mol. The van der Waals surface area contributed by atoms with Gasteiger partial charge in [-0.05, 0) is 73.1 Å². The number of rotatable bonds is 12. The standard InChI is InChI=1S/C33H47FO2/c1-3-5-7-9-27-23-35-33(36-24-27)21-14-26-12-17-29(18-13-26)31-20-19-30(22-32(31)34)28-15-10-25(11-16-28)8-6-4-2/h12-13,17-20,22,25,27-28,33H,3-11,14-16,21,23-24H2,1-2H3. The molecule has 0 radical (unpaired) electrons. The largest absolute Gasteiger partial charge is 0.352 e. The van der Waals surface area contributed by atoms with Crippen LogP contribution in [0, 0.1) is 17.7 Å². The van der Waals surface area contributed by atoms with E-state index < -0.39 is 0 Å². The van der Waals surface area contributed by atoms with Crippen LogP contribution in [0.25, 0.3) is 11.1 Å². The quantitative estimate of drug-likeness (QED) is 0.274. The molecule has 1 saturated heterocycles. The van der Waals surface area contributed by atoms with Crippen LogP contribution in [0.15, 0.2) is 42.5 Å². The summed E-state index contributed by atoms with van der Waals surface area (Å²) in [5, 5.41) is 0. The fourth-order valence-corrected chi connectivity index (χ4v) is 6.03. The molecule has 0 amide bonds. The molecule has 1 heterocycles. The first-order valence-corrected chi connectivity index (χ1v) is 14.8. The molecule has 198 valence electrons. The van der Waals surface area contributed by atoms with E-state index in [0.717, 1.165) is 37.5 Å². The van der Waals surface area contributed by atoms with Crippen molar-refractivity contribution in [2.24, 2.45) is 11.8 Å². The summed E-state index contributed by atoms with van der Waals surface area (Å²) in [6.07, 6.45) is 15.7. The summed E-state index contributed by atoms with van der Waals surface area (Å²) in [6.45, 7) is 6.16. The monoisotopic (exact) mass is 494 g/mol. The molecule has 0 spiro atoms. The number of halogens is 1. The lowest BCUT2D eigenvalue weighted by atomic mass is 9.77. The van der Waals surface area contributed by atoms with E-state index in [1.54, 1.807) is 6.07 Å². The zero-order valence-electron chi connectivity index (χ0n) is 22.7. The highest BCUT2D eigenvalue weighted by Crippen LogP contribution is 2.39. The van der Waals surface area contributed by atoms with Crippen molar-refractivity contribution in [1.29, 1.82) is 0 Å². The minimum Gasteiger partial charge on any atom is -0.352 e. The fraction of sp³-hybridized carbons (Fsp3) is 0.636. The van der Waals surface area contributed by atoms with Gasteiger partial charge >= 0.3 is 0 Å². The molecule has 2 aromatic carbocycles. The number of unbranched alkanes of at least 4 members (excludes halogenated alkanes) is 3. The van der Waals surface area contributed by atoms with E-state index in [2.05, 4.69) is 44.2 Å². The Bertz CT molecular complexity index is 892. The molecule has 2 aliphatic rings. The normalized spacial score (nSPS) is 24.6. The number of hydrogen-bond donors (Lipinski definition) is 0. The Kier molecular flexibility index (Phi) is 10.8. The summed E-state index contributed by atoms with van der Waals surface area (Å²) in [5.74, 6) is 1.86. The molecular formula is C33H47FO2. The molecule has 0 atom stereocenters. The highest BCUT2D eigenvalue weighted by Gasteiger charge is 2.23. The van der Waals surface area contributed by atoms with Crippen molar-refractivity contribution in [2.45, 2.75) is 110 Å². The zero-order chi connectivity index (χ0) is 25.2. The summed E-state index contributed by atoms with van der Waals surface area (Å²) < 4.78 is 27.1. The first-order valence-electron chi connectivity index (χ1n) is 14.8. The second-order valence-corrected chi connectivity index (χ2v) is 11.3. The molecule has 1 saturated carbocycles. The van der Waals surface area contributed by atoms with Crippen molar-refractivity contribution >= 4 is 0 Å². The van der Waals surface area contributed by atoms with Gasteiger partial charge in [-0.15, -0.1) is 0 Å². The average molecular weight is 495 g/mol. The third kappa shape index (κ3) is 7.89. The first-order chi connectivity index (χ1) is 17.7. The lowest BCUT2D eigenvalue weighted by Crippen LogP contribution is -2.32. The Morgan fingerprint density at radius 3 is 2.11 bits per heavy atom. The van der Waals surface area contributed by atoms with Crippen molar-refractivity contribution in [3.63, 3.8) is 0 Å². The van der Waals surface area contributed by atoms with Gasteiger partial charge in [-0.3, -0.25) is 0 Å². The highest BCUT2D eigenvalue weighted by atomic mass is 19.1. The van der Waals surface area contributed by atoms with Crippen LogP contribution >= 0.6 is 0 Å². The van der Waals surface area contributed by atoms with Crippen LogP contribution in [0.2, 0.25) is 0 Å². The van der Waals surface area contributed by atoms with Gasteiger partial charge in [-0.25, -0.2) is 4.39 Å². The van der Waals surface area contributed by atoms with E-state index in [1.165, 1.54) is 81.8 Å². The predicted octanol–water partition coefficient (Wildman–Crippen LogP) is 9.46. The molecule has 1 aliphatic heterocycles. The van der Waals surface area contributed by atoms with Crippen molar-refractivity contribution in [2.75, 3.05) is 13.2 Å². The van der Waals surface area contributed by atoms with Gasteiger partial charge in [-0.1, -0.05) is 88.8 Å². The fourth-order valence-electron chi connectivity index (χ4n) is 6.03. The van der Waals surface area contributed by atoms with Gasteiger partial charge in [0.25, 0.3) is 0 Å². The van der Waals surface area contributed by atoms with Gasteiger partial charge in [0.15, 0.2) is 6.29 Å². The van der Waals surface area contributed by atoms with Crippen molar-refractivity contribution in [1.82, 2.24) is 0 Å². The van der Waals surface area contributed by atoms with Crippen LogP contribution in [0.5, 0.6) is 0 Å². The lowest BCUT2D eigenvalue weighted by molar-refractivity contribution is -0.203. The second kappa shape index (κ2) is 14.3.